The number of methoxy groups -OCH3 is 2. The van der Waals surface area contributed by atoms with Crippen molar-refractivity contribution in [2.75, 3.05) is 20.8 Å². The molecule has 0 aromatic heterocycles. The second-order valence-corrected chi connectivity index (χ2v) is 7.69. The van der Waals surface area contributed by atoms with E-state index in [0.29, 0.717) is 18.0 Å². The summed E-state index contributed by atoms with van der Waals surface area (Å²) >= 11 is 0. The first-order chi connectivity index (χ1) is 15.4. The number of benzene rings is 2. The van der Waals surface area contributed by atoms with Crippen molar-refractivity contribution >= 4 is 11.8 Å². The summed E-state index contributed by atoms with van der Waals surface area (Å²) < 4.78 is 23.9. The lowest BCUT2D eigenvalue weighted by molar-refractivity contribution is -0.140. The molecular weight excluding hydrogens is 411 g/mol. The van der Waals surface area contributed by atoms with E-state index < -0.39 is 6.04 Å². The van der Waals surface area contributed by atoms with Gasteiger partial charge in [-0.3, -0.25) is 9.59 Å². The van der Waals surface area contributed by atoms with Crippen LogP contribution >= 0.6 is 0 Å². The van der Waals surface area contributed by atoms with Crippen LogP contribution in [0.15, 0.2) is 42.5 Å². The molecular formula is C25H33FN2O4. The molecule has 0 aliphatic heterocycles. The van der Waals surface area contributed by atoms with Crippen molar-refractivity contribution in [1.82, 2.24) is 10.2 Å². The number of nitrogens with zero attached hydrogens (tertiary/aromatic N) is 1. The predicted molar refractivity (Wildman–Crippen MR) is 122 cm³/mol. The molecule has 6 nitrogen and oxygen atoms in total. The van der Waals surface area contributed by atoms with Crippen LogP contribution in [0.25, 0.3) is 0 Å². The summed E-state index contributed by atoms with van der Waals surface area (Å²) in [6, 6.07) is 10.6. The standard InChI is InChI=1S/C25H33FN2O4/c1-5-6-7-14-27-25(30)18(2)28(17-19-8-11-21(26)12-9-19)24(29)16-20-10-13-22(31-3)23(15-20)32-4/h8-13,15,18H,5-7,14,16-17H2,1-4H3,(H,27,30)/t18-/m1/s1. The maximum atomic E-state index is 13.3. The van der Waals surface area contributed by atoms with Gasteiger partial charge in [-0.1, -0.05) is 38.0 Å². The Kier molecular flexibility index (Phi) is 9.98. The number of hydrogen-bond acceptors (Lipinski definition) is 4. The fourth-order valence-electron chi connectivity index (χ4n) is 3.37. The third-order valence-corrected chi connectivity index (χ3v) is 5.32. The van der Waals surface area contributed by atoms with E-state index in [1.165, 1.54) is 24.1 Å². The van der Waals surface area contributed by atoms with E-state index in [-0.39, 0.29) is 30.6 Å². The van der Waals surface area contributed by atoms with Gasteiger partial charge in [0.2, 0.25) is 11.8 Å². The minimum atomic E-state index is -0.672. The first-order valence-corrected chi connectivity index (χ1v) is 10.9. The van der Waals surface area contributed by atoms with Gasteiger partial charge in [-0.2, -0.15) is 0 Å². The lowest BCUT2D eigenvalue weighted by Crippen LogP contribution is -2.48. The summed E-state index contributed by atoms with van der Waals surface area (Å²) in [5, 5.41) is 2.92. The maximum Gasteiger partial charge on any atom is 0.242 e. The number of halogens is 1. The van der Waals surface area contributed by atoms with Crippen LogP contribution in [0, 0.1) is 5.82 Å². The predicted octanol–water partition coefficient (Wildman–Crippen LogP) is 4.11. The summed E-state index contributed by atoms with van der Waals surface area (Å²) in [6.07, 6.45) is 3.08. The molecule has 1 N–H and O–H groups in total. The van der Waals surface area contributed by atoms with Crippen LogP contribution in [-0.2, 0) is 22.6 Å². The van der Waals surface area contributed by atoms with E-state index in [1.54, 1.807) is 44.4 Å². The summed E-state index contributed by atoms with van der Waals surface area (Å²) in [4.78, 5) is 27.5. The Morgan fingerprint density at radius 2 is 1.66 bits per heavy atom. The molecule has 0 saturated carbocycles. The van der Waals surface area contributed by atoms with Gasteiger partial charge in [-0.15, -0.1) is 0 Å². The molecule has 0 fully saturated rings. The normalized spacial score (nSPS) is 11.5. The first-order valence-electron chi connectivity index (χ1n) is 10.9. The summed E-state index contributed by atoms with van der Waals surface area (Å²) in [6.45, 7) is 4.59. The Bertz CT molecular complexity index is 886. The number of ether oxygens (including phenoxy) is 2. The van der Waals surface area contributed by atoms with Crippen LogP contribution in [0.1, 0.15) is 44.2 Å². The van der Waals surface area contributed by atoms with Gasteiger partial charge in [0.25, 0.3) is 0 Å². The van der Waals surface area contributed by atoms with Crippen molar-refractivity contribution in [2.24, 2.45) is 0 Å². The molecule has 2 amide bonds. The van der Waals surface area contributed by atoms with E-state index in [2.05, 4.69) is 12.2 Å². The molecule has 2 aromatic rings. The average Bonchev–Trinajstić information content (AvgIpc) is 2.80. The Morgan fingerprint density at radius 3 is 2.28 bits per heavy atom. The van der Waals surface area contributed by atoms with Gasteiger partial charge >= 0.3 is 0 Å². The first kappa shape index (κ1) is 25.2. The highest BCUT2D eigenvalue weighted by Crippen LogP contribution is 2.28. The quantitative estimate of drug-likeness (QED) is 0.501. The van der Waals surface area contributed by atoms with Gasteiger partial charge in [-0.25, -0.2) is 4.39 Å². The van der Waals surface area contributed by atoms with E-state index in [0.717, 1.165) is 30.4 Å². The molecule has 0 heterocycles. The van der Waals surface area contributed by atoms with Crippen molar-refractivity contribution in [3.63, 3.8) is 0 Å². The fourth-order valence-corrected chi connectivity index (χ4v) is 3.37. The maximum absolute atomic E-state index is 13.3. The number of amides is 2. The summed E-state index contributed by atoms with van der Waals surface area (Å²) in [5.74, 6) is 0.344. The van der Waals surface area contributed by atoms with Crippen LogP contribution in [0.5, 0.6) is 11.5 Å². The van der Waals surface area contributed by atoms with Gasteiger partial charge in [0.1, 0.15) is 11.9 Å². The molecule has 2 aromatic carbocycles. The number of carbonyl (C=O) groups is 2. The van der Waals surface area contributed by atoms with Gasteiger partial charge in [0.05, 0.1) is 20.6 Å². The number of carbonyl (C=O) groups excluding carboxylic acids is 2. The number of hydrogen-bond donors (Lipinski definition) is 1. The van der Waals surface area contributed by atoms with Crippen molar-refractivity contribution in [2.45, 2.75) is 52.1 Å². The zero-order chi connectivity index (χ0) is 23.5. The number of rotatable bonds is 12. The molecule has 32 heavy (non-hydrogen) atoms. The third-order valence-electron chi connectivity index (χ3n) is 5.32. The summed E-state index contributed by atoms with van der Waals surface area (Å²) in [5.41, 5.74) is 1.49. The zero-order valence-corrected chi connectivity index (χ0v) is 19.3. The van der Waals surface area contributed by atoms with Gasteiger partial charge in [0, 0.05) is 13.1 Å². The van der Waals surface area contributed by atoms with Crippen LogP contribution in [0.2, 0.25) is 0 Å². The highest BCUT2D eigenvalue weighted by Gasteiger charge is 2.26. The second-order valence-electron chi connectivity index (χ2n) is 7.69. The highest BCUT2D eigenvalue weighted by atomic mass is 19.1. The van der Waals surface area contributed by atoms with Crippen LogP contribution < -0.4 is 14.8 Å². The molecule has 1 atom stereocenters. The van der Waals surface area contributed by atoms with Crippen molar-refractivity contribution in [3.05, 3.63) is 59.4 Å². The van der Waals surface area contributed by atoms with Crippen LogP contribution in [0.3, 0.4) is 0 Å². The lowest BCUT2D eigenvalue weighted by atomic mass is 10.1. The molecule has 0 unspecified atom stereocenters. The number of unbranched alkanes of at least 4 members (excludes halogenated alkanes) is 2. The topological polar surface area (TPSA) is 67.9 Å². The largest absolute Gasteiger partial charge is 0.493 e. The summed E-state index contributed by atoms with van der Waals surface area (Å²) in [7, 11) is 3.09. The van der Waals surface area contributed by atoms with Gasteiger partial charge in [-0.05, 0) is 48.7 Å². The van der Waals surface area contributed by atoms with Crippen LogP contribution in [-0.4, -0.2) is 43.5 Å². The average molecular weight is 445 g/mol. The molecule has 0 aliphatic rings. The molecule has 0 radical (unpaired) electrons. The lowest BCUT2D eigenvalue weighted by Gasteiger charge is -2.29. The number of nitrogens with one attached hydrogen (secondary N) is 1. The van der Waals surface area contributed by atoms with Crippen LogP contribution in [0.4, 0.5) is 4.39 Å². The highest BCUT2D eigenvalue weighted by molar-refractivity contribution is 5.88. The fraction of sp³-hybridized carbons (Fsp3) is 0.440. The Morgan fingerprint density at radius 1 is 1.00 bits per heavy atom. The van der Waals surface area contributed by atoms with Gasteiger partial charge < -0.3 is 19.7 Å². The third kappa shape index (κ3) is 7.25. The van der Waals surface area contributed by atoms with Gasteiger partial charge in [0.15, 0.2) is 11.5 Å². The van der Waals surface area contributed by atoms with Crippen molar-refractivity contribution in [3.8, 4) is 11.5 Å². The monoisotopic (exact) mass is 444 g/mol. The van der Waals surface area contributed by atoms with E-state index in [4.69, 9.17) is 9.47 Å². The smallest absolute Gasteiger partial charge is 0.242 e. The minimum Gasteiger partial charge on any atom is -0.493 e. The van der Waals surface area contributed by atoms with Crippen molar-refractivity contribution < 1.29 is 23.5 Å². The van der Waals surface area contributed by atoms with Crippen molar-refractivity contribution in [1.29, 1.82) is 0 Å². The Balaban J connectivity index is 2.19. The molecule has 2 rings (SSSR count). The molecule has 7 heteroatoms. The molecule has 0 bridgehead atoms. The Hall–Kier alpha value is -3.09. The molecule has 0 saturated heterocycles. The molecule has 0 spiro atoms. The second kappa shape index (κ2) is 12.7. The zero-order valence-electron chi connectivity index (χ0n) is 19.3. The van der Waals surface area contributed by atoms with E-state index in [9.17, 15) is 14.0 Å². The Labute approximate surface area is 189 Å². The molecule has 0 aliphatic carbocycles. The van der Waals surface area contributed by atoms with E-state index in [1.807, 2.05) is 0 Å². The SMILES string of the molecule is CCCCCNC(=O)[C@@H](C)N(Cc1ccc(F)cc1)C(=O)Cc1ccc(OC)c(OC)c1. The minimum absolute atomic E-state index is 0.0923. The van der Waals surface area contributed by atoms with E-state index >= 15 is 0 Å². The molecule has 174 valence electrons.